The number of hydrogen-bond donors (Lipinski definition) is 0. The highest BCUT2D eigenvalue weighted by Gasteiger charge is 2.28. The number of aromatic nitrogens is 4. The fourth-order valence-electron chi connectivity index (χ4n) is 3.89. The second-order valence-corrected chi connectivity index (χ2v) is 7.24. The first-order valence-corrected chi connectivity index (χ1v) is 9.22. The number of likely N-dealkylation sites (tertiary alicyclic amines) is 1. The van der Waals surface area contributed by atoms with Gasteiger partial charge in [-0.25, -0.2) is 9.97 Å². The number of benzene rings is 1. The van der Waals surface area contributed by atoms with Crippen LogP contribution in [0.2, 0.25) is 0 Å². The van der Waals surface area contributed by atoms with Gasteiger partial charge in [-0.1, -0.05) is 12.1 Å². The Labute approximate surface area is 153 Å². The van der Waals surface area contributed by atoms with E-state index in [1.807, 2.05) is 35.4 Å². The summed E-state index contributed by atoms with van der Waals surface area (Å²) < 4.78 is 4.12. The number of carbonyl (C=O) groups excluding carboxylic acids is 1. The van der Waals surface area contributed by atoms with Gasteiger partial charge < -0.3 is 14.0 Å². The third-order valence-electron chi connectivity index (χ3n) is 5.61. The van der Waals surface area contributed by atoms with Crippen LogP contribution in [0, 0.1) is 13.8 Å². The van der Waals surface area contributed by atoms with Crippen LogP contribution in [-0.2, 0) is 18.4 Å². The molecule has 3 heterocycles. The van der Waals surface area contributed by atoms with E-state index in [1.54, 1.807) is 6.33 Å². The number of carbonyl (C=O) groups is 1. The topological polar surface area (TPSA) is 56.0 Å². The zero-order chi connectivity index (χ0) is 18.3. The van der Waals surface area contributed by atoms with Crippen LogP contribution in [0.3, 0.4) is 0 Å². The molecule has 1 amide bonds. The molecule has 1 aromatic carbocycles. The van der Waals surface area contributed by atoms with E-state index in [2.05, 4.69) is 28.7 Å². The van der Waals surface area contributed by atoms with Gasteiger partial charge in [0.1, 0.15) is 12.4 Å². The molecule has 6 nitrogen and oxygen atoms in total. The fraction of sp³-hybridized carbons (Fsp3) is 0.450. The number of amides is 1. The first kappa shape index (κ1) is 16.8. The number of aryl methyl sites for hydroxylation is 2. The highest BCUT2D eigenvalue weighted by atomic mass is 16.2. The van der Waals surface area contributed by atoms with Crippen LogP contribution in [0.1, 0.15) is 36.0 Å². The molecule has 4 rings (SSSR count). The molecule has 3 aromatic rings. The highest BCUT2D eigenvalue weighted by molar-refractivity contribution is 5.77. The van der Waals surface area contributed by atoms with Crippen molar-refractivity contribution < 1.29 is 4.79 Å². The van der Waals surface area contributed by atoms with Gasteiger partial charge in [0, 0.05) is 31.7 Å². The summed E-state index contributed by atoms with van der Waals surface area (Å²) in [7, 11) is 2.07. The van der Waals surface area contributed by atoms with Gasteiger partial charge in [0.15, 0.2) is 0 Å². The molecule has 1 fully saturated rings. The standard InChI is InChI=1S/C20H25N5O/c1-14-15(2)25(13-21-14)12-19(26)24-10-6-7-16(11-24)20-22-17-8-4-5-9-18(17)23(20)3/h4-5,8-9,13,16H,6-7,10-12H2,1-3H3. The first-order chi connectivity index (χ1) is 12.5. The Kier molecular flexibility index (Phi) is 4.26. The number of imidazole rings is 2. The van der Waals surface area contributed by atoms with Gasteiger partial charge >= 0.3 is 0 Å². The average Bonchev–Trinajstić information content (AvgIpc) is 3.16. The van der Waals surface area contributed by atoms with E-state index in [-0.39, 0.29) is 11.8 Å². The van der Waals surface area contributed by atoms with E-state index in [4.69, 9.17) is 4.98 Å². The number of hydrogen-bond acceptors (Lipinski definition) is 3. The smallest absolute Gasteiger partial charge is 0.242 e. The Morgan fingerprint density at radius 1 is 1.27 bits per heavy atom. The number of rotatable bonds is 3. The van der Waals surface area contributed by atoms with Crippen LogP contribution in [0.25, 0.3) is 11.0 Å². The second-order valence-electron chi connectivity index (χ2n) is 7.24. The molecule has 1 aliphatic heterocycles. The molecule has 0 saturated carbocycles. The molecule has 1 saturated heterocycles. The van der Waals surface area contributed by atoms with Crippen molar-refractivity contribution in [3.05, 3.63) is 47.8 Å². The maximum Gasteiger partial charge on any atom is 0.242 e. The van der Waals surface area contributed by atoms with Gasteiger partial charge in [-0.05, 0) is 38.8 Å². The zero-order valence-corrected chi connectivity index (χ0v) is 15.6. The Morgan fingerprint density at radius 2 is 2.08 bits per heavy atom. The van der Waals surface area contributed by atoms with Crippen molar-refractivity contribution in [2.75, 3.05) is 13.1 Å². The molecule has 26 heavy (non-hydrogen) atoms. The molecule has 6 heteroatoms. The van der Waals surface area contributed by atoms with Gasteiger partial charge in [-0.2, -0.15) is 0 Å². The van der Waals surface area contributed by atoms with Crippen LogP contribution < -0.4 is 0 Å². The lowest BCUT2D eigenvalue weighted by atomic mass is 9.97. The lowest BCUT2D eigenvalue weighted by Gasteiger charge is -2.32. The van der Waals surface area contributed by atoms with Gasteiger partial charge in [-0.15, -0.1) is 0 Å². The van der Waals surface area contributed by atoms with Crippen LogP contribution in [0.4, 0.5) is 0 Å². The fourth-order valence-corrected chi connectivity index (χ4v) is 3.89. The van der Waals surface area contributed by atoms with E-state index in [0.717, 1.165) is 54.2 Å². The van der Waals surface area contributed by atoms with Crippen LogP contribution in [-0.4, -0.2) is 43.0 Å². The molecular weight excluding hydrogens is 326 g/mol. The van der Waals surface area contributed by atoms with Gasteiger partial charge in [-0.3, -0.25) is 4.79 Å². The second kappa shape index (κ2) is 6.59. The average molecular weight is 351 g/mol. The normalized spacial score (nSPS) is 17.8. The summed E-state index contributed by atoms with van der Waals surface area (Å²) in [5.41, 5.74) is 4.21. The third kappa shape index (κ3) is 2.89. The Balaban J connectivity index is 1.52. The zero-order valence-electron chi connectivity index (χ0n) is 15.6. The molecule has 1 atom stereocenters. The monoisotopic (exact) mass is 351 g/mol. The first-order valence-electron chi connectivity index (χ1n) is 9.22. The van der Waals surface area contributed by atoms with Gasteiger partial charge in [0.2, 0.25) is 5.91 Å². The largest absolute Gasteiger partial charge is 0.340 e. The molecule has 0 bridgehead atoms. The minimum Gasteiger partial charge on any atom is -0.340 e. The Bertz CT molecular complexity index is 954. The van der Waals surface area contributed by atoms with E-state index in [9.17, 15) is 4.79 Å². The van der Waals surface area contributed by atoms with E-state index in [1.165, 1.54) is 0 Å². The molecular formula is C20H25N5O. The van der Waals surface area contributed by atoms with E-state index < -0.39 is 0 Å². The van der Waals surface area contributed by atoms with Crippen LogP contribution in [0.15, 0.2) is 30.6 Å². The molecule has 0 N–H and O–H groups in total. The predicted molar refractivity (Wildman–Crippen MR) is 101 cm³/mol. The van der Waals surface area contributed by atoms with E-state index >= 15 is 0 Å². The van der Waals surface area contributed by atoms with Crippen molar-refractivity contribution in [3.63, 3.8) is 0 Å². The number of para-hydroxylation sites is 2. The van der Waals surface area contributed by atoms with Crippen molar-refractivity contribution in [1.82, 2.24) is 24.0 Å². The van der Waals surface area contributed by atoms with Crippen molar-refractivity contribution in [1.29, 1.82) is 0 Å². The van der Waals surface area contributed by atoms with Gasteiger partial charge in [0.25, 0.3) is 0 Å². The minimum absolute atomic E-state index is 0.161. The number of fused-ring (bicyclic) bond motifs is 1. The summed E-state index contributed by atoms with van der Waals surface area (Å²) >= 11 is 0. The Morgan fingerprint density at radius 3 is 2.81 bits per heavy atom. The van der Waals surface area contributed by atoms with Crippen LogP contribution in [0.5, 0.6) is 0 Å². The maximum atomic E-state index is 12.8. The summed E-state index contributed by atoms with van der Waals surface area (Å²) in [5, 5.41) is 0. The molecule has 0 aliphatic carbocycles. The quantitative estimate of drug-likeness (QED) is 0.729. The van der Waals surface area contributed by atoms with Crippen molar-refractivity contribution in [2.24, 2.45) is 7.05 Å². The van der Waals surface area contributed by atoms with Gasteiger partial charge in [0.05, 0.1) is 23.1 Å². The van der Waals surface area contributed by atoms with Crippen molar-refractivity contribution in [2.45, 2.75) is 39.2 Å². The van der Waals surface area contributed by atoms with Crippen molar-refractivity contribution >= 4 is 16.9 Å². The number of piperidine rings is 1. The third-order valence-corrected chi connectivity index (χ3v) is 5.61. The molecule has 0 spiro atoms. The molecule has 1 aliphatic rings. The lowest BCUT2D eigenvalue weighted by molar-refractivity contribution is -0.133. The maximum absolute atomic E-state index is 12.8. The summed E-state index contributed by atoms with van der Waals surface area (Å²) in [6.45, 7) is 5.91. The van der Waals surface area contributed by atoms with Crippen molar-refractivity contribution in [3.8, 4) is 0 Å². The molecule has 0 radical (unpaired) electrons. The van der Waals surface area contributed by atoms with E-state index in [0.29, 0.717) is 6.54 Å². The summed E-state index contributed by atoms with van der Waals surface area (Å²) in [5.74, 6) is 1.53. The lowest BCUT2D eigenvalue weighted by Crippen LogP contribution is -2.41. The van der Waals surface area contributed by atoms with Crippen LogP contribution >= 0.6 is 0 Å². The predicted octanol–water partition coefficient (Wildman–Crippen LogP) is 2.79. The minimum atomic E-state index is 0.161. The number of nitrogens with zero attached hydrogens (tertiary/aromatic N) is 5. The summed E-state index contributed by atoms with van der Waals surface area (Å²) in [6.07, 6.45) is 3.85. The summed E-state index contributed by atoms with van der Waals surface area (Å²) in [4.78, 5) is 23.9. The molecule has 1 unspecified atom stereocenters. The Hall–Kier alpha value is -2.63. The summed E-state index contributed by atoms with van der Waals surface area (Å²) in [6, 6.07) is 8.21. The SMILES string of the molecule is Cc1ncn(CC(=O)N2CCCC(c3nc4ccccc4n3C)C2)c1C. The molecule has 2 aromatic heterocycles. The highest BCUT2D eigenvalue weighted by Crippen LogP contribution is 2.28. The molecule has 136 valence electrons.